The molecule has 0 N–H and O–H groups in total. The number of nitrogens with zero attached hydrogens (tertiary/aromatic N) is 4. The molecule has 1 aromatic carbocycles. The summed E-state index contributed by atoms with van der Waals surface area (Å²) < 4.78 is 11.1. The minimum Gasteiger partial charge on any atom is -0.497 e. The van der Waals surface area contributed by atoms with Gasteiger partial charge >= 0.3 is 0 Å². The molecule has 0 aliphatic carbocycles. The molecule has 0 unspecified atom stereocenters. The van der Waals surface area contributed by atoms with Crippen LogP contribution < -0.4 is 9.64 Å². The zero-order valence-corrected chi connectivity index (χ0v) is 15.9. The molecule has 0 saturated carbocycles. The summed E-state index contributed by atoms with van der Waals surface area (Å²) in [5, 5.41) is 0. The Morgan fingerprint density at radius 3 is 3.00 bits per heavy atom. The lowest BCUT2D eigenvalue weighted by atomic mass is 9.80. The Balaban J connectivity index is 1.62. The second-order valence-electron chi connectivity index (χ2n) is 7.42. The lowest BCUT2D eigenvalue weighted by Gasteiger charge is -2.34. The molecule has 7 heteroatoms. The first-order valence-electron chi connectivity index (χ1n) is 9.07. The fourth-order valence-corrected chi connectivity index (χ4v) is 3.90. The van der Waals surface area contributed by atoms with Crippen LogP contribution in [0.15, 0.2) is 30.5 Å². The van der Waals surface area contributed by atoms with Crippen molar-refractivity contribution >= 4 is 11.9 Å². The Labute approximate surface area is 158 Å². The van der Waals surface area contributed by atoms with Crippen molar-refractivity contribution in [1.29, 1.82) is 0 Å². The van der Waals surface area contributed by atoms with Crippen molar-refractivity contribution in [2.45, 2.75) is 18.4 Å². The van der Waals surface area contributed by atoms with Gasteiger partial charge in [-0.2, -0.15) is 0 Å². The van der Waals surface area contributed by atoms with E-state index >= 15 is 0 Å². The third-order valence-corrected chi connectivity index (χ3v) is 5.35. The summed E-state index contributed by atoms with van der Waals surface area (Å²) in [6.45, 7) is 2.38. The topological polar surface area (TPSA) is 67.8 Å². The van der Waals surface area contributed by atoms with Gasteiger partial charge in [0, 0.05) is 44.5 Å². The summed E-state index contributed by atoms with van der Waals surface area (Å²) >= 11 is 0. The highest BCUT2D eigenvalue weighted by molar-refractivity contribution is 5.95. The second-order valence-corrected chi connectivity index (χ2v) is 7.42. The molecule has 2 aliphatic heterocycles. The summed E-state index contributed by atoms with van der Waals surface area (Å²) in [7, 11) is 5.47. The minimum absolute atomic E-state index is 0.0137. The number of fused-ring (bicyclic) bond motifs is 2. The van der Waals surface area contributed by atoms with Crippen LogP contribution in [0.5, 0.6) is 5.75 Å². The van der Waals surface area contributed by atoms with Crippen LogP contribution in [0.1, 0.15) is 28.0 Å². The molecule has 1 amide bonds. The van der Waals surface area contributed by atoms with Gasteiger partial charge in [-0.25, -0.2) is 9.97 Å². The predicted molar refractivity (Wildman–Crippen MR) is 101 cm³/mol. The SMILES string of the molecule is COc1cccc(C(=O)N2CC[C@@]3(COCc4cnc(N(C)C)nc43)C2)c1. The number of carbonyl (C=O) groups is 1. The van der Waals surface area contributed by atoms with Gasteiger partial charge in [0.15, 0.2) is 0 Å². The van der Waals surface area contributed by atoms with E-state index in [0.717, 1.165) is 17.7 Å². The first-order valence-corrected chi connectivity index (χ1v) is 9.07. The number of methoxy groups -OCH3 is 1. The number of rotatable bonds is 3. The minimum atomic E-state index is -0.268. The van der Waals surface area contributed by atoms with Crippen LogP contribution in [0.4, 0.5) is 5.95 Å². The van der Waals surface area contributed by atoms with E-state index in [2.05, 4.69) is 4.98 Å². The van der Waals surface area contributed by atoms with E-state index < -0.39 is 0 Å². The highest BCUT2D eigenvalue weighted by atomic mass is 16.5. The highest BCUT2D eigenvalue weighted by Gasteiger charge is 2.46. The van der Waals surface area contributed by atoms with Gasteiger partial charge in [0.05, 0.1) is 31.4 Å². The molecule has 142 valence electrons. The van der Waals surface area contributed by atoms with E-state index in [1.165, 1.54) is 0 Å². The molecule has 0 bridgehead atoms. The molecule has 27 heavy (non-hydrogen) atoms. The lowest BCUT2D eigenvalue weighted by molar-refractivity contribution is 0.0485. The Hall–Kier alpha value is -2.67. The van der Waals surface area contributed by atoms with Crippen LogP contribution in [-0.4, -0.2) is 61.7 Å². The molecule has 1 saturated heterocycles. The van der Waals surface area contributed by atoms with Crippen LogP contribution in [0.3, 0.4) is 0 Å². The van der Waals surface area contributed by atoms with Crippen molar-refractivity contribution in [3.8, 4) is 5.75 Å². The number of anilines is 1. The molecule has 1 aromatic heterocycles. The Morgan fingerprint density at radius 2 is 2.22 bits per heavy atom. The number of ether oxygens (including phenoxy) is 2. The van der Waals surface area contributed by atoms with E-state index in [0.29, 0.717) is 43.6 Å². The van der Waals surface area contributed by atoms with E-state index in [9.17, 15) is 4.79 Å². The standard InChI is InChI=1S/C20H24N4O3/c1-23(2)19-21-10-15-11-27-13-20(17(15)22-19)7-8-24(12-20)18(25)14-5-4-6-16(9-14)26-3/h4-6,9-10H,7-8,11-13H2,1-3H3/t20-/m0/s1. The smallest absolute Gasteiger partial charge is 0.254 e. The number of likely N-dealkylation sites (tertiary alicyclic amines) is 1. The normalized spacial score (nSPS) is 21.2. The van der Waals surface area contributed by atoms with Gasteiger partial charge in [0.1, 0.15) is 5.75 Å². The fourth-order valence-electron chi connectivity index (χ4n) is 3.90. The molecular formula is C20H24N4O3. The maximum atomic E-state index is 13.0. The van der Waals surface area contributed by atoms with Gasteiger partial charge in [-0.3, -0.25) is 4.79 Å². The molecule has 1 fully saturated rings. The van der Waals surface area contributed by atoms with Gasteiger partial charge in [-0.15, -0.1) is 0 Å². The van der Waals surface area contributed by atoms with Crippen molar-refractivity contribution in [1.82, 2.24) is 14.9 Å². The van der Waals surface area contributed by atoms with Crippen LogP contribution in [-0.2, 0) is 16.8 Å². The summed E-state index contributed by atoms with van der Waals surface area (Å²) in [5.74, 6) is 1.39. The summed E-state index contributed by atoms with van der Waals surface area (Å²) in [4.78, 5) is 26.0. The zero-order valence-electron chi connectivity index (χ0n) is 15.9. The average Bonchev–Trinajstić information content (AvgIpc) is 3.12. The largest absolute Gasteiger partial charge is 0.497 e. The van der Waals surface area contributed by atoms with Crippen molar-refractivity contribution in [2.75, 3.05) is 45.8 Å². The molecule has 0 radical (unpaired) electrons. The van der Waals surface area contributed by atoms with Crippen molar-refractivity contribution in [2.24, 2.45) is 0 Å². The van der Waals surface area contributed by atoms with Gasteiger partial charge in [-0.05, 0) is 24.6 Å². The molecule has 7 nitrogen and oxygen atoms in total. The Bertz CT molecular complexity index is 870. The van der Waals surface area contributed by atoms with E-state index in [1.807, 2.05) is 48.3 Å². The number of hydrogen-bond donors (Lipinski definition) is 0. The van der Waals surface area contributed by atoms with Crippen molar-refractivity contribution in [3.63, 3.8) is 0 Å². The summed E-state index contributed by atoms with van der Waals surface area (Å²) in [5.41, 5.74) is 2.41. The third kappa shape index (κ3) is 3.12. The number of benzene rings is 1. The molecule has 1 spiro atoms. The van der Waals surface area contributed by atoms with Crippen molar-refractivity contribution < 1.29 is 14.3 Å². The number of aromatic nitrogens is 2. The molecule has 1 atom stereocenters. The molecular weight excluding hydrogens is 344 g/mol. The molecule has 4 rings (SSSR count). The maximum absolute atomic E-state index is 13.0. The van der Waals surface area contributed by atoms with Crippen LogP contribution >= 0.6 is 0 Å². The van der Waals surface area contributed by atoms with Gasteiger partial charge in [0.2, 0.25) is 5.95 Å². The number of amides is 1. The van der Waals surface area contributed by atoms with Gasteiger partial charge in [0.25, 0.3) is 5.91 Å². The maximum Gasteiger partial charge on any atom is 0.254 e. The first kappa shape index (κ1) is 17.7. The van der Waals surface area contributed by atoms with E-state index in [4.69, 9.17) is 14.5 Å². The van der Waals surface area contributed by atoms with Crippen LogP contribution in [0, 0.1) is 0 Å². The molecule has 2 aromatic rings. The van der Waals surface area contributed by atoms with Gasteiger partial charge < -0.3 is 19.3 Å². The van der Waals surface area contributed by atoms with Crippen LogP contribution in [0.2, 0.25) is 0 Å². The average molecular weight is 368 g/mol. The van der Waals surface area contributed by atoms with Crippen LogP contribution in [0.25, 0.3) is 0 Å². The lowest BCUT2D eigenvalue weighted by Crippen LogP contribution is -2.42. The Morgan fingerprint density at radius 1 is 1.37 bits per heavy atom. The van der Waals surface area contributed by atoms with E-state index in [1.54, 1.807) is 13.2 Å². The predicted octanol–water partition coefficient (Wildman–Crippen LogP) is 1.87. The molecule has 2 aliphatic rings. The quantitative estimate of drug-likeness (QED) is 0.824. The summed E-state index contributed by atoms with van der Waals surface area (Å²) in [6.07, 6.45) is 2.69. The van der Waals surface area contributed by atoms with Gasteiger partial charge in [-0.1, -0.05) is 6.07 Å². The van der Waals surface area contributed by atoms with E-state index in [-0.39, 0.29) is 11.3 Å². The zero-order chi connectivity index (χ0) is 19.0. The fraction of sp³-hybridized carbons (Fsp3) is 0.450. The Kier molecular flexibility index (Phi) is 4.47. The summed E-state index contributed by atoms with van der Waals surface area (Å²) in [6, 6.07) is 7.29. The number of hydrogen-bond acceptors (Lipinski definition) is 6. The highest BCUT2D eigenvalue weighted by Crippen LogP contribution is 2.39. The van der Waals surface area contributed by atoms with Crippen molar-refractivity contribution in [3.05, 3.63) is 47.3 Å². The first-order chi connectivity index (χ1) is 13.0. The number of carbonyl (C=O) groups excluding carboxylic acids is 1. The molecule has 3 heterocycles. The third-order valence-electron chi connectivity index (χ3n) is 5.35. The monoisotopic (exact) mass is 368 g/mol. The second kappa shape index (κ2) is 6.81.